The van der Waals surface area contributed by atoms with Crippen LogP contribution in [0.25, 0.3) is 0 Å². The lowest BCUT2D eigenvalue weighted by atomic mass is 10.2. The van der Waals surface area contributed by atoms with Gasteiger partial charge in [0.1, 0.15) is 11.3 Å². The molecule has 8 nitrogen and oxygen atoms in total. The zero-order valence-electron chi connectivity index (χ0n) is 13.7. The van der Waals surface area contributed by atoms with Crippen molar-refractivity contribution in [2.75, 3.05) is 13.7 Å². The first-order valence-corrected chi connectivity index (χ1v) is 7.79. The van der Waals surface area contributed by atoms with Crippen LogP contribution in [-0.2, 0) is 16.1 Å². The molecule has 0 heterocycles. The molecule has 0 aromatic heterocycles. The number of esters is 1. The number of nitro benzene ring substituents is 1. The Morgan fingerprint density at radius 1 is 1.19 bits per heavy atom. The SMILES string of the molecule is COc1ccc([N+](=O)[O-])cc1C(=O)OCC(=O)NCc1ccc(Cl)cc1. The average Bonchev–Trinajstić information content (AvgIpc) is 2.65. The molecule has 0 bridgehead atoms. The van der Waals surface area contributed by atoms with E-state index in [9.17, 15) is 19.7 Å². The number of ether oxygens (including phenoxy) is 2. The number of rotatable bonds is 7. The number of hydrogen-bond donors (Lipinski definition) is 1. The molecule has 0 spiro atoms. The maximum atomic E-state index is 12.1. The number of halogens is 1. The molecule has 9 heteroatoms. The quantitative estimate of drug-likeness (QED) is 0.451. The van der Waals surface area contributed by atoms with Crippen LogP contribution in [0.3, 0.4) is 0 Å². The number of nitro groups is 1. The molecule has 2 aromatic carbocycles. The summed E-state index contributed by atoms with van der Waals surface area (Å²) >= 11 is 5.78. The van der Waals surface area contributed by atoms with Crippen molar-refractivity contribution < 1.29 is 24.0 Å². The van der Waals surface area contributed by atoms with E-state index >= 15 is 0 Å². The predicted molar refractivity (Wildman–Crippen MR) is 93.2 cm³/mol. The van der Waals surface area contributed by atoms with Gasteiger partial charge < -0.3 is 14.8 Å². The second-order valence-corrected chi connectivity index (χ2v) is 5.56. The van der Waals surface area contributed by atoms with Crippen LogP contribution in [-0.4, -0.2) is 30.5 Å². The van der Waals surface area contributed by atoms with Gasteiger partial charge in [0.05, 0.1) is 12.0 Å². The van der Waals surface area contributed by atoms with Crippen molar-refractivity contribution in [2.24, 2.45) is 0 Å². The topological polar surface area (TPSA) is 108 Å². The first-order chi connectivity index (χ1) is 12.4. The molecule has 0 saturated carbocycles. The van der Waals surface area contributed by atoms with Gasteiger partial charge in [-0.25, -0.2) is 4.79 Å². The van der Waals surface area contributed by atoms with E-state index < -0.39 is 23.4 Å². The van der Waals surface area contributed by atoms with E-state index in [0.717, 1.165) is 11.6 Å². The van der Waals surface area contributed by atoms with E-state index in [-0.39, 0.29) is 23.5 Å². The van der Waals surface area contributed by atoms with Gasteiger partial charge in [0.15, 0.2) is 6.61 Å². The summed E-state index contributed by atoms with van der Waals surface area (Å²) in [6, 6.07) is 10.4. The molecule has 2 rings (SSSR count). The summed E-state index contributed by atoms with van der Waals surface area (Å²) in [7, 11) is 1.32. The lowest BCUT2D eigenvalue weighted by Gasteiger charge is -2.09. The number of nitrogens with one attached hydrogen (secondary N) is 1. The number of nitrogens with zero attached hydrogens (tertiary/aromatic N) is 1. The summed E-state index contributed by atoms with van der Waals surface area (Å²) in [4.78, 5) is 34.1. The van der Waals surface area contributed by atoms with Gasteiger partial charge in [-0.1, -0.05) is 23.7 Å². The van der Waals surface area contributed by atoms with Crippen LogP contribution in [0.5, 0.6) is 5.75 Å². The highest BCUT2D eigenvalue weighted by atomic mass is 35.5. The fourth-order valence-corrected chi connectivity index (χ4v) is 2.16. The molecule has 0 saturated heterocycles. The van der Waals surface area contributed by atoms with Crippen molar-refractivity contribution >= 4 is 29.2 Å². The van der Waals surface area contributed by atoms with Gasteiger partial charge in [0.2, 0.25) is 0 Å². The van der Waals surface area contributed by atoms with Gasteiger partial charge in [0, 0.05) is 23.7 Å². The summed E-state index contributed by atoms with van der Waals surface area (Å²) in [5.41, 5.74) is 0.409. The highest BCUT2D eigenvalue weighted by Gasteiger charge is 2.19. The predicted octanol–water partition coefficient (Wildman–Crippen LogP) is 2.73. The van der Waals surface area contributed by atoms with E-state index in [4.69, 9.17) is 21.1 Å². The third-order valence-corrected chi connectivity index (χ3v) is 3.60. The van der Waals surface area contributed by atoms with Crippen molar-refractivity contribution in [2.45, 2.75) is 6.54 Å². The third kappa shape index (κ3) is 5.18. The summed E-state index contributed by atoms with van der Waals surface area (Å²) in [6.45, 7) is -0.286. The van der Waals surface area contributed by atoms with Crippen molar-refractivity contribution in [3.63, 3.8) is 0 Å². The smallest absolute Gasteiger partial charge is 0.342 e. The minimum atomic E-state index is -0.896. The fraction of sp³-hybridized carbons (Fsp3) is 0.176. The van der Waals surface area contributed by atoms with Crippen molar-refractivity contribution in [1.29, 1.82) is 0 Å². The molecule has 0 aliphatic carbocycles. The highest BCUT2D eigenvalue weighted by Crippen LogP contribution is 2.24. The molecule has 2 aromatic rings. The van der Waals surface area contributed by atoms with Gasteiger partial charge in [-0.05, 0) is 23.8 Å². The molecule has 0 unspecified atom stereocenters. The lowest BCUT2D eigenvalue weighted by Crippen LogP contribution is -2.28. The molecular weight excluding hydrogens is 364 g/mol. The minimum Gasteiger partial charge on any atom is -0.496 e. The number of carbonyl (C=O) groups excluding carboxylic acids is 2. The van der Waals surface area contributed by atoms with Crippen LogP contribution < -0.4 is 10.1 Å². The van der Waals surface area contributed by atoms with Gasteiger partial charge in [-0.2, -0.15) is 0 Å². The zero-order chi connectivity index (χ0) is 19.1. The molecular formula is C17H15ClN2O6. The van der Waals surface area contributed by atoms with Crippen LogP contribution in [0.4, 0.5) is 5.69 Å². The number of benzene rings is 2. The van der Waals surface area contributed by atoms with Gasteiger partial charge >= 0.3 is 5.97 Å². The number of amides is 1. The van der Waals surface area contributed by atoms with Crippen LogP contribution in [0.2, 0.25) is 5.02 Å². The Morgan fingerprint density at radius 2 is 1.88 bits per heavy atom. The normalized spacial score (nSPS) is 10.1. The molecule has 26 heavy (non-hydrogen) atoms. The Morgan fingerprint density at radius 3 is 2.50 bits per heavy atom. The number of carbonyl (C=O) groups is 2. The zero-order valence-corrected chi connectivity index (χ0v) is 14.5. The maximum absolute atomic E-state index is 12.1. The third-order valence-electron chi connectivity index (χ3n) is 3.35. The molecule has 1 N–H and O–H groups in total. The van der Waals surface area contributed by atoms with Crippen molar-refractivity contribution in [1.82, 2.24) is 5.32 Å². The van der Waals surface area contributed by atoms with Crippen molar-refractivity contribution in [3.05, 3.63) is 68.7 Å². The first kappa shape index (κ1) is 19.2. The number of hydrogen-bond acceptors (Lipinski definition) is 6. The Labute approximate surface area is 153 Å². The molecule has 0 atom stereocenters. The Hall–Kier alpha value is -3.13. The van der Waals surface area contributed by atoms with E-state index in [1.54, 1.807) is 24.3 Å². The molecule has 0 fully saturated rings. The van der Waals surface area contributed by atoms with E-state index in [1.807, 2.05) is 0 Å². The standard InChI is InChI=1S/C17H15ClN2O6/c1-25-15-7-6-13(20(23)24)8-14(15)17(22)26-10-16(21)19-9-11-2-4-12(18)5-3-11/h2-8H,9-10H2,1H3,(H,19,21). The van der Waals surface area contributed by atoms with E-state index in [1.165, 1.54) is 19.2 Å². The number of non-ortho nitro benzene ring substituents is 1. The Balaban J connectivity index is 1.93. The molecule has 136 valence electrons. The van der Waals surface area contributed by atoms with Crippen LogP contribution >= 0.6 is 11.6 Å². The summed E-state index contributed by atoms with van der Waals surface area (Å²) < 4.78 is 9.89. The second-order valence-electron chi connectivity index (χ2n) is 5.12. The summed E-state index contributed by atoms with van der Waals surface area (Å²) in [6.07, 6.45) is 0. The van der Waals surface area contributed by atoms with Gasteiger partial charge in [0.25, 0.3) is 11.6 Å². The summed E-state index contributed by atoms with van der Waals surface area (Å²) in [5, 5.41) is 14.0. The van der Waals surface area contributed by atoms with E-state index in [2.05, 4.69) is 5.32 Å². The molecule has 0 radical (unpaired) electrons. The largest absolute Gasteiger partial charge is 0.496 e. The molecule has 0 aliphatic heterocycles. The monoisotopic (exact) mass is 378 g/mol. The maximum Gasteiger partial charge on any atom is 0.342 e. The van der Waals surface area contributed by atoms with E-state index in [0.29, 0.717) is 5.02 Å². The molecule has 0 aliphatic rings. The minimum absolute atomic E-state index is 0.113. The first-order valence-electron chi connectivity index (χ1n) is 7.41. The highest BCUT2D eigenvalue weighted by molar-refractivity contribution is 6.30. The van der Waals surface area contributed by atoms with Crippen LogP contribution in [0.15, 0.2) is 42.5 Å². The lowest BCUT2D eigenvalue weighted by molar-refractivity contribution is -0.384. The molecule has 1 amide bonds. The Kier molecular flexibility index (Phi) is 6.51. The van der Waals surface area contributed by atoms with Crippen LogP contribution in [0, 0.1) is 10.1 Å². The van der Waals surface area contributed by atoms with Gasteiger partial charge in [-0.15, -0.1) is 0 Å². The second kappa shape index (κ2) is 8.82. The van der Waals surface area contributed by atoms with Crippen molar-refractivity contribution in [3.8, 4) is 5.75 Å². The Bertz CT molecular complexity index is 823. The average molecular weight is 379 g/mol. The van der Waals surface area contributed by atoms with Gasteiger partial charge in [-0.3, -0.25) is 14.9 Å². The fourth-order valence-electron chi connectivity index (χ4n) is 2.03. The summed E-state index contributed by atoms with van der Waals surface area (Å²) in [5.74, 6) is -1.30. The van der Waals surface area contributed by atoms with Crippen LogP contribution in [0.1, 0.15) is 15.9 Å². The number of methoxy groups -OCH3 is 1.